The molecule has 1 aliphatic rings. The highest BCUT2D eigenvalue weighted by atomic mass is 79.9. The summed E-state index contributed by atoms with van der Waals surface area (Å²) in [5.41, 5.74) is 0.0265. The topological polar surface area (TPSA) is 38.8 Å². The number of hydrogen-bond donors (Lipinski definition) is 0. The molecule has 2 unspecified atom stereocenters. The number of benzene rings is 1. The van der Waals surface area contributed by atoms with Crippen molar-refractivity contribution >= 4 is 33.5 Å². The molecule has 0 spiro atoms. The van der Waals surface area contributed by atoms with E-state index in [0.29, 0.717) is 0 Å². The zero-order valence-corrected chi connectivity index (χ0v) is 11.1. The minimum absolute atomic E-state index is 0.570. The quantitative estimate of drug-likeness (QED) is 0.479. The summed E-state index contributed by atoms with van der Waals surface area (Å²) < 4.78 is 10.9. The summed E-state index contributed by atoms with van der Waals surface area (Å²) in [6.45, 7) is 1.76. The van der Waals surface area contributed by atoms with Crippen LogP contribution in [0.3, 0.4) is 0 Å². The van der Waals surface area contributed by atoms with Crippen LogP contribution >= 0.6 is 27.5 Å². The van der Waals surface area contributed by atoms with E-state index >= 15 is 0 Å². The van der Waals surface area contributed by atoms with Gasteiger partial charge in [-0.25, -0.2) is 4.79 Å². The van der Waals surface area contributed by atoms with Crippen LogP contribution in [0.1, 0.15) is 12.5 Å². The number of ether oxygens (including phenoxy) is 2. The van der Waals surface area contributed by atoms with Crippen LogP contribution in [0.15, 0.2) is 28.7 Å². The Labute approximate surface area is 107 Å². The summed E-state index contributed by atoms with van der Waals surface area (Å²) in [6, 6.07) is 7.46. The van der Waals surface area contributed by atoms with Crippen molar-refractivity contribution in [2.75, 3.05) is 7.11 Å². The first-order valence-electron chi connectivity index (χ1n) is 4.67. The van der Waals surface area contributed by atoms with Gasteiger partial charge in [0.15, 0.2) is 0 Å². The number of carbonyl (C=O) groups excluding carboxylic acids is 1. The number of methoxy groups -OCH3 is 1. The van der Waals surface area contributed by atoms with Gasteiger partial charge in [-0.15, -0.1) is 0 Å². The van der Waals surface area contributed by atoms with Crippen LogP contribution in [0, 0.1) is 0 Å². The van der Waals surface area contributed by atoms with E-state index in [2.05, 4.69) is 20.7 Å². The first-order chi connectivity index (χ1) is 7.44. The fourth-order valence-electron chi connectivity index (χ4n) is 1.64. The second-order valence-corrected chi connectivity index (χ2v) is 5.18. The monoisotopic (exact) mass is 304 g/mol. The van der Waals surface area contributed by atoms with Crippen LogP contribution in [-0.2, 0) is 19.9 Å². The van der Waals surface area contributed by atoms with E-state index < -0.39 is 16.6 Å². The van der Waals surface area contributed by atoms with Crippen molar-refractivity contribution in [2.24, 2.45) is 0 Å². The van der Waals surface area contributed by atoms with E-state index in [1.807, 2.05) is 24.3 Å². The Morgan fingerprint density at radius 2 is 2.00 bits per heavy atom. The predicted molar refractivity (Wildman–Crippen MR) is 63.2 cm³/mol. The maximum atomic E-state index is 11.5. The SMILES string of the molecule is COC(=O)C1(Cl)OC1(C)c1ccc(Br)cc1. The lowest BCUT2D eigenvalue weighted by Gasteiger charge is -2.09. The van der Waals surface area contributed by atoms with Crippen molar-refractivity contribution in [3.8, 4) is 0 Å². The molecule has 0 amide bonds. The van der Waals surface area contributed by atoms with Crippen LogP contribution in [0.4, 0.5) is 0 Å². The number of halogens is 2. The highest BCUT2D eigenvalue weighted by Crippen LogP contribution is 2.58. The lowest BCUT2D eigenvalue weighted by Crippen LogP contribution is -2.26. The van der Waals surface area contributed by atoms with Crippen molar-refractivity contribution in [1.82, 2.24) is 0 Å². The molecule has 1 aliphatic heterocycles. The van der Waals surface area contributed by atoms with Gasteiger partial charge in [-0.2, -0.15) is 0 Å². The molecule has 1 heterocycles. The van der Waals surface area contributed by atoms with Crippen molar-refractivity contribution in [1.29, 1.82) is 0 Å². The van der Waals surface area contributed by atoms with Crippen LogP contribution in [-0.4, -0.2) is 18.1 Å². The molecule has 1 saturated heterocycles. The molecule has 1 aromatic rings. The number of carbonyl (C=O) groups is 1. The molecule has 5 heteroatoms. The lowest BCUT2D eigenvalue weighted by molar-refractivity contribution is -0.143. The number of alkyl halides is 1. The number of hydrogen-bond acceptors (Lipinski definition) is 3. The second kappa shape index (κ2) is 3.72. The fraction of sp³-hybridized carbons (Fsp3) is 0.364. The van der Waals surface area contributed by atoms with E-state index in [0.717, 1.165) is 10.0 Å². The van der Waals surface area contributed by atoms with Gasteiger partial charge in [0.25, 0.3) is 5.06 Å². The van der Waals surface area contributed by atoms with Crippen molar-refractivity contribution in [2.45, 2.75) is 17.6 Å². The number of rotatable bonds is 2. The van der Waals surface area contributed by atoms with Crippen molar-refractivity contribution < 1.29 is 14.3 Å². The number of epoxide rings is 1. The van der Waals surface area contributed by atoms with Crippen LogP contribution in [0.5, 0.6) is 0 Å². The fourth-order valence-corrected chi connectivity index (χ4v) is 2.24. The van der Waals surface area contributed by atoms with Crippen LogP contribution in [0.2, 0.25) is 0 Å². The van der Waals surface area contributed by atoms with Gasteiger partial charge in [0.2, 0.25) is 0 Å². The van der Waals surface area contributed by atoms with E-state index in [9.17, 15) is 4.79 Å². The van der Waals surface area contributed by atoms with E-state index in [4.69, 9.17) is 16.3 Å². The molecular weight excluding hydrogens is 295 g/mol. The Morgan fingerprint density at radius 3 is 2.50 bits per heavy atom. The molecule has 0 aromatic heterocycles. The van der Waals surface area contributed by atoms with E-state index in [1.165, 1.54) is 7.11 Å². The Bertz CT molecular complexity index is 433. The molecular formula is C11H10BrClO3. The standard InChI is InChI=1S/C11H10BrClO3/c1-10(7-3-5-8(12)6-4-7)11(13,16-10)9(14)15-2/h3-6H,1-2H3. The summed E-state index contributed by atoms with van der Waals surface area (Å²) in [5.74, 6) is -0.570. The summed E-state index contributed by atoms with van der Waals surface area (Å²) >= 11 is 9.41. The van der Waals surface area contributed by atoms with Gasteiger partial charge >= 0.3 is 5.97 Å². The van der Waals surface area contributed by atoms with Gasteiger partial charge in [0.05, 0.1) is 7.11 Å². The first-order valence-corrected chi connectivity index (χ1v) is 5.85. The maximum absolute atomic E-state index is 11.5. The normalized spacial score (nSPS) is 32.2. The average molecular weight is 306 g/mol. The molecule has 0 bridgehead atoms. The van der Waals surface area contributed by atoms with Crippen LogP contribution < -0.4 is 0 Å². The molecule has 86 valence electrons. The largest absolute Gasteiger partial charge is 0.466 e. The van der Waals surface area contributed by atoms with Gasteiger partial charge in [-0.3, -0.25) is 0 Å². The zero-order chi connectivity index (χ0) is 12.0. The van der Waals surface area contributed by atoms with Gasteiger partial charge < -0.3 is 9.47 Å². The molecule has 2 rings (SSSR count). The molecule has 3 nitrogen and oxygen atoms in total. The van der Waals surface area contributed by atoms with Gasteiger partial charge in [-0.05, 0) is 24.6 Å². The third-order valence-electron chi connectivity index (χ3n) is 2.76. The molecule has 2 atom stereocenters. The Morgan fingerprint density at radius 1 is 1.44 bits per heavy atom. The molecule has 16 heavy (non-hydrogen) atoms. The second-order valence-electron chi connectivity index (χ2n) is 3.73. The number of esters is 1. The third kappa shape index (κ3) is 1.56. The molecule has 0 radical (unpaired) electrons. The van der Waals surface area contributed by atoms with Crippen LogP contribution in [0.25, 0.3) is 0 Å². The zero-order valence-electron chi connectivity index (χ0n) is 8.79. The van der Waals surface area contributed by atoms with Gasteiger partial charge in [0, 0.05) is 4.47 Å². The maximum Gasteiger partial charge on any atom is 0.357 e. The summed E-state index contributed by atoms with van der Waals surface area (Å²) in [7, 11) is 1.29. The molecule has 1 fully saturated rings. The van der Waals surface area contributed by atoms with E-state index in [-0.39, 0.29) is 0 Å². The Balaban J connectivity index is 2.30. The summed E-state index contributed by atoms with van der Waals surface area (Å²) in [4.78, 5) is 11.5. The Kier molecular flexibility index (Phi) is 2.77. The smallest absolute Gasteiger partial charge is 0.357 e. The van der Waals surface area contributed by atoms with Crippen molar-refractivity contribution in [3.63, 3.8) is 0 Å². The Hall–Kier alpha value is -0.580. The molecule has 0 N–H and O–H groups in total. The predicted octanol–water partition coefficient (Wildman–Crippen LogP) is 2.80. The molecule has 1 aromatic carbocycles. The first kappa shape index (κ1) is 11.9. The molecule has 0 aliphatic carbocycles. The summed E-state index contributed by atoms with van der Waals surface area (Å²) in [5, 5.41) is -1.39. The highest BCUT2D eigenvalue weighted by Gasteiger charge is 2.73. The lowest BCUT2D eigenvalue weighted by atomic mass is 9.97. The highest BCUT2D eigenvalue weighted by molar-refractivity contribution is 9.10. The van der Waals surface area contributed by atoms with Crippen molar-refractivity contribution in [3.05, 3.63) is 34.3 Å². The minimum Gasteiger partial charge on any atom is -0.466 e. The average Bonchev–Trinajstić information content (AvgIpc) is 2.84. The summed E-state index contributed by atoms with van der Waals surface area (Å²) in [6.07, 6.45) is 0. The molecule has 0 saturated carbocycles. The third-order valence-corrected chi connectivity index (χ3v) is 3.88. The van der Waals surface area contributed by atoms with E-state index in [1.54, 1.807) is 6.92 Å². The van der Waals surface area contributed by atoms with Gasteiger partial charge in [0.1, 0.15) is 5.60 Å². The minimum atomic E-state index is -1.39. The van der Waals surface area contributed by atoms with Gasteiger partial charge in [-0.1, -0.05) is 39.7 Å².